The average Bonchev–Trinajstić information content (AvgIpc) is 2.47. The molecule has 0 aliphatic heterocycles. The van der Waals surface area contributed by atoms with Crippen molar-refractivity contribution in [2.24, 2.45) is 10.8 Å². The van der Waals surface area contributed by atoms with Gasteiger partial charge in [-0.05, 0) is 23.3 Å². The van der Waals surface area contributed by atoms with E-state index in [1.807, 2.05) is 41.5 Å². The van der Waals surface area contributed by atoms with Crippen LogP contribution in [-0.2, 0) is 22.7 Å². The predicted octanol–water partition coefficient (Wildman–Crippen LogP) is 2.71. The number of aromatic carboxylic acids is 1. The molecule has 0 atom stereocenters. The third-order valence-electron chi connectivity index (χ3n) is 3.57. The molecule has 0 bridgehead atoms. The summed E-state index contributed by atoms with van der Waals surface area (Å²) in [5, 5.41) is 14.9. The Balaban J connectivity index is 2.92. The van der Waals surface area contributed by atoms with Gasteiger partial charge in [0.25, 0.3) is 0 Å². The van der Waals surface area contributed by atoms with Gasteiger partial charge in [0.05, 0.1) is 5.56 Å². The highest BCUT2D eigenvalue weighted by molar-refractivity contribution is 5.88. The molecule has 6 heteroatoms. The Morgan fingerprint density at radius 2 is 1.16 bits per heavy atom. The van der Waals surface area contributed by atoms with E-state index in [1.165, 1.54) is 12.1 Å². The lowest BCUT2D eigenvalue weighted by Gasteiger charge is -2.19. The molecule has 6 nitrogen and oxygen atoms in total. The Kier molecular flexibility index (Phi) is 6.35. The lowest BCUT2D eigenvalue weighted by Crippen LogP contribution is -2.35. The first-order valence-corrected chi connectivity index (χ1v) is 8.23. The van der Waals surface area contributed by atoms with Gasteiger partial charge in [-0.2, -0.15) is 0 Å². The van der Waals surface area contributed by atoms with Crippen LogP contribution in [0, 0.1) is 10.8 Å². The second kappa shape index (κ2) is 7.68. The van der Waals surface area contributed by atoms with Crippen LogP contribution in [0.4, 0.5) is 0 Å². The first-order chi connectivity index (χ1) is 11.3. The summed E-state index contributed by atoms with van der Waals surface area (Å²) < 4.78 is 0. The second-order valence-corrected chi connectivity index (χ2v) is 8.21. The number of carbonyl (C=O) groups is 3. The van der Waals surface area contributed by atoms with Gasteiger partial charge in [-0.15, -0.1) is 0 Å². The van der Waals surface area contributed by atoms with E-state index in [-0.39, 0.29) is 30.5 Å². The number of carboxylic acid groups (broad SMARTS) is 1. The minimum absolute atomic E-state index is 0.115. The fraction of sp³-hybridized carbons (Fsp3) is 0.526. The molecular weight excluding hydrogens is 320 g/mol. The number of carbonyl (C=O) groups excluding carboxylic acids is 2. The molecule has 0 radical (unpaired) electrons. The summed E-state index contributed by atoms with van der Waals surface area (Å²) in [5.41, 5.74) is 0.444. The molecule has 0 aliphatic carbocycles. The summed E-state index contributed by atoms with van der Waals surface area (Å²) >= 11 is 0. The summed E-state index contributed by atoms with van der Waals surface area (Å²) in [6.07, 6.45) is 0. The summed E-state index contributed by atoms with van der Waals surface area (Å²) in [6.45, 7) is 11.3. The molecule has 0 aromatic heterocycles. The van der Waals surface area contributed by atoms with Gasteiger partial charge in [-0.1, -0.05) is 47.6 Å². The van der Waals surface area contributed by atoms with E-state index in [4.69, 9.17) is 0 Å². The summed E-state index contributed by atoms with van der Waals surface area (Å²) in [4.78, 5) is 35.3. The molecule has 1 aromatic rings. The molecular formula is C19H28N2O4. The van der Waals surface area contributed by atoms with Crippen molar-refractivity contribution in [1.82, 2.24) is 10.6 Å². The minimum atomic E-state index is -1.05. The van der Waals surface area contributed by atoms with Gasteiger partial charge in [-0.3, -0.25) is 9.59 Å². The monoisotopic (exact) mass is 348 g/mol. The van der Waals surface area contributed by atoms with Crippen LogP contribution in [0.2, 0.25) is 0 Å². The summed E-state index contributed by atoms with van der Waals surface area (Å²) in [6, 6.07) is 4.85. The van der Waals surface area contributed by atoms with Crippen LogP contribution in [0.3, 0.4) is 0 Å². The first-order valence-electron chi connectivity index (χ1n) is 8.23. The van der Waals surface area contributed by atoms with E-state index in [9.17, 15) is 19.5 Å². The lowest BCUT2D eigenvalue weighted by atomic mass is 9.95. The molecule has 0 spiro atoms. The molecule has 0 saturated heterocycles. The van der Waals surface area contributed by atoms with E-state index in [1.54, 1.807) is 6.07 Å². The second-order valence-electron chi connectivity index (χ2n) is 8.21. The van der Waals surface area contributed by atoms with Crippen molar-refractivity contribution in [3.63, 3.8) is 0 Å². The molecule has 0 saturated carbocycles. The van der Waals surface area contributed by atoms with E-state index in [0.717, 1.165) is 0 Å². The quantitative estimate of drug-likeness (QED) is 0.762. The van der Waals surface area contributed by atoms with Crippen molar-refractivity contribution < 1.29 is 19.5 Å². The number of hydrogen-bond acceptors (Lipinski definition) is 3. The number of hydrogen-bond donors (Lipinski definition) is 3. The Bertz CT molecular complexity index is 619. The third-order valence-corrected chi connectivity index (χ3v) is 3.57. The van der Waals surface area contributed by atoms with Crippen LogP contribution < -0.4 is 10.6 Å². The van der Waals surface area contributed by atoms with Crippen LogP contribution in [-0.4, -0.2) is 22.9 Å². The molecule has 0 aliphatic rings. The molecule has 1 aromatic carbocycles. The lowest BCUT2D eigenvalue weighted by molar-refractivity contribution is -0.129. The van der Waals surface area contributed by atoms with Gasteiger partial charge in [-0.25, -0.2) is 4.79 Å². The highest BCUT2D eigenvalue weighted by Gasteiger charge is 2.22. The molecule has 3 N–H and O–H groups in total. The molecule has 25 heavy (non-hydrogen) atoms. The Hall–Kier alpha value is -2.37. The summed E-state index contributed by atoms with van der Waals surface area (Å²) in [5.74, 6) is -1.28. The Morgan fingerprint density at radius 1 is 0.800 bits per heavy atom. The maximum Gasteiger partial charge on any atom is 0.335 e. The van der Waals surface area contributed by atoms with Gasteiger partial charge in [0.15, 0.2) is 0 Å². The number of rotatable bonds is 5. The zero-order valence-electron chi connectivity index (χ0n) is 15.8. The highest BCUT2D eigenvalue weighted by atomic mass is 16.4. The van der Waals surface area contributed by atoms with E-state index < -0.39 is 16.8 Å². The maximum absolute atomic E-state index is 12.0. The molecule has 138 valence electrons. The van der Waals surface area contributed by atoms with Crippen LogP contribution in [0.1, 0.15) is 63.0 Å². The van der Waals surface area contributed by atoms with Gasteiger partial charge < -0.3 is 15.7 Å². The molecule has 1 rings (SSSR count). The van der Waals surface area contributed by atoms with Crippen LogP contribution in [0.5, 0.6) is 0 Å². The predicted molar refractivity (Wildman–Crippen MR) is 96.0 cm³/mol. The zero-order chi connectivity index (χ0) is 19.4. The van der Waals surface area contributed by atoms with Crippen LogP contribution in [0.15, 0.2) is 18.2 Å². The van der Waals surface area contributed by atoms with Crippen molar-refractivity contribution in [1.29, 1.82) is 0 Å². The van der Waals surface area contributed by atoms with Crippen molar-refractivity contribution in [3.05, 3.63) is 34.9 Å². The summed E-state index contributed by atoms with van der Waals surface area (Å²) in [7, 11) is 0. The number of nitrogens with one attached hydrogen (secondary N) is 2. The van der Waals surface area contributed by atoms with Gasteiger partial charge in [0.1, 0.15) is 0 Å². The molecule has 0 unspecified atom stereocenters. The molecule has 2 amide bonds. The maximum atomic E-state index is 12.0. The van der Waals surface area contributed by atoms with E-state index >= 15 is 0 Å². The van der Waals surface area contributed by atoms with E-state index in [0.29, 0.717) is 11.1 Å². The van der Waals surface area contributed by atoms with Crippen molar-refractivity contribution in [2.75, 3.05) is 0 Å². The van der Waals surface area contributed by atoms with Crippen molar-refractivity contribution >= 4 is 17.8 Å². The highest BCUT2D eigenvalue weighted by Crippen LogP contribution is 2.16. The standard InChI is InChI=1S/C19H28N2O4/c1-18(2,3)16(24)20-10-12-7-13(9-14(8-12)15(22)23)11-21-17(25)19(4,5)6/h7-9H,10-11H2,1-6H3,(H,20,24)(H,21,25)(H,22,23). The van der Waals surface area contributed by atoms with Crippen LogP contribution >= 0.6 is 0 Å². The largest absolute Gasteiger partial charge is 0.478 e. The van der Waals surface area contributed by atoms with Crippen LogP contribution in [0.25, 0.3) is 0 Å². The molecule has 0 heterocycles. The topological polar surface area (TPSA) is 95.5 Å². The Morgan fingerprint density at radius 3 is 1.44 bits per heavy atom. The Labute approximate surface area is 149 Å². The fourth-order valence-electron chi connectivity index (χ4n) is 1.99. The fourth-order valence-corrected chi connectivity index (χ4v) is 1.99. The van der Waals surface area contributed by atoms with Gasteiger partial charge >= 0.3 is 5.97 Å². The minimum Gasteiger partial charge on any atom is -0.478 e. The third kappa shape index (κ3) is 6.57. The average molecular weight is 348 g/mol. The number of amides is 2. The first kappa shape index (κ1) is 20.7. The SMILES string of the molecule is CC(C)(C)C(=O)NCc1cc(CNC(=O)C(C)(C)C)cc(C(=O)O)c1. The normalized spacial score (nSPS) is 11.8. The van der Waals surface area contributed by atoms with Crippen molar-refractivity contribution in [3.8, 4) is 0 Å². The zero-order valence-corrected chi connectivity index (χ0v) is 15.8. The molecule has 0 fully saturated rings. The number of carboxylic acids is 1. The van der Waals surface area contributed by atoms with Crippen molar-refractivity contribution in [2.45, 2.75) is 54.6 Å². The number of benzene rings is 1. The van der Waals surface area contributed by atoms with E-state index in [2.05, 4.69) is 10.6 Å². The van der Waals surface area contributed by atoms with Gasteiger partial charge in [0, 0.05) is 23.9 Å². The smallest absolute Gasteiger partial charge is 0.335 e. The van der Waals surface area contributed by atoms with Gasteiger partial charge in [0.2, 0.25) is 11.8 Å².